The predicted molar refractivity (Wildman–Crippen MR) is 143 cm³/mol. The number of rotatable bonds is 11. The van der Waals surface area contributed by atoms with E-state index < -0.39 is 0 Å². The first-order chi connectivity index (χ1) is 17.2. The minimum atomic E-state index is -0.309. The Labute approximate surface area is 218 Å². The molecule has 0 spiro atoms. The van der Waals surface area contributed by atoms with E-state index in [0.717, 1.165) is 24.1 Å². The molecule has 1 heterocycles. The molecule has 192 valence electrons. The Kier molecular flexibility index (Phi) is 9.67. The normalized spacial score (nSPS) is 11.4. The number of aromatic nitrogens is 2. The topological polar surface area (TPSA) is 76.5 Å². The van der Waals surface area contributed by atoms with Crippen molar-refractivity contribution < 1.29 is 14.3 Å². The van der Waals surface area contributed by atoms with E-state index in [0.29, 0.717) is 29.7 Å². The number of amides is 2. The van der Waals surface area contributed by atoms with Crippen molar-refractivity contribution in [3.8, 4) is 5.69 Å². The Morgan fingerprint density at radius 3 is 2.44 bits per heavy atom. The first-order valence-corrected chi connectivity index (χ1v) is 12.6. The summed E-state index contributed by atoms with van der Waals surface area (Å²) < 4.78 is 7.26. The van der Waals surface area contributed by atoms with Crippen LogP contribution in [0.25, 0.3) is 5.69 Å². The Morgan fingerprint density at radius 2 is 1.78 bits per heavy atom. The second kappa shape index (κ2) is 12.7. The molecule has 2 amide bonds. The zero-order valence-corrected chi connectivity index (χ0v) is 22.2. The molecule has 0 radical (unpaired) electrons. The van der Waals surface area contributed by atoms with E-state index in [1.807, 2.05) is 61.5 Å². The molecule has 0 aliphatic rings. The van der Waals surface area contributed by atoms with Crippen LogP contribution in [0.3, 0.4) is 0 Å². The number of nitrogens with one attached hydrogen (secondary N) is 1. The summed E-state index contributed by atoms with van der Waals surface area (Å²) >= 11 is 6.43. The molecule has 0 saturated carbocycles. The number of ether oxygens (including phenoxy) is 1. The quantitative estimate of drug-likeness (QED) is 0.364. The summed E-state index contributed by atoms with van der Waals surface area (Å²) in [6, 6.07) is 18.9. The average Bonchev–Trinajstić information content (AvgIpc) is 3.26. The van der Waals surface area contributed by atoms with E-state index in [9.17, 15) is 9.59 Å². The molecule has 0 atom stereocenters. The van der Waals surface area contributed by atoms with Gasteiger partial charge in [0.25, 0.3) is 0 Å². The van der Waals surface area contributed by atoms with Crippen LogP contribution in [0.1, 0.15) is 51.8 Å². The first-order valence-electron chi connectivity index (χ1n) is 12.2. The number of carbonyl (C=O) groups is 2. The molecule has 1 N–H and O–H groups in total. The zero-order valence-electron chi connectivity index (χ0n) is 21.5. The highest BCUT2D eigenvalue weighted by molar-refractivity contribution is 6.32. The molecule has 0 aliphatic carbocycles. The summed E-state index contributed by atoms with van der Waals surface area (Å²) in [4.78, 5) is 27.5. The number of hydrogen-bond acceptors (Lipinski definition) is 4. The van der Waals surface area contributed by atoms with Gasteiger partial charge in [-0.15, -0.1) is 0 Å². The van der Waals surface area contributed by atoms with Gasteiger partial charge in [-0.25, -0.2) is 4.68 Å². The van der Waals surface area contributed by atoms with Crippen LogP contribution in [0.2, 0.25) is 5.02 Å². The van der Waals surface area contributed by atoms with Crippen molar-refractivity contribution in [2.45, 2.75) is 52.6 Å². The first kappa shape index (κ1) is 27.4. The molecule has 0 saturated heterocycles. The fourth-order valence-electron chi connectivity index (χ4n) is 3.56. The van der Waals surface area contributed by atoms with Crippen molar-refractivity contribution in [3.05, 3.63) is 76.9 Å². The largest absolute Gasteiger partial charge is 0.367 e. The second-order valence-corrected chi connectivity index (χ2v) is 10.1. The van der Waals surface area contributed by atoms with Gasteiger partial charge in [-0.05, 0) is 24.1 Å². The van der Waals surface area contributed by atoms with Gasteiger partial charge < -0.3 is 15.0 Å². The molecule has 36 heavy (non-hydrogen) atoms. The number of benzene rings is 2. The van der Waals surface area contributed by atoms with Gasteiger partial charge in [-0.3, -0.25) is 9.59 Å². The van der Waals surface area contributed by atoms with Crippen LogP contribution in [-0.2, 0) is 26.3 Å². The molecule has 3 rings (SSSR count). The molecule has 8 heteroatoms. The highest BCUT2D eigenvalue weighted by Gasteiger charge is 2.23. The van der Waals surface area contributed by atoms with E-state index in [-0.39, 0.29) is 30.4 Å². The molecule has 1 aromatic heterocycles. The molecule has 0 fully saturated rings. The summed E-state index contributed by atoms with van der Waals surface area (Å²) in [6.07, 6.45) is 1.70. The van der Waals surface area contributed by atoms with E-state index in [2.05, 4.69) is 26.1 Å². The lowest BCUT2D eigenvalue weighted by Gasteiger charge is -2.22. The minimum absolute atomic E-state index is 0.0773. The lowest BCUT2D eigenvalue weighted by atomic mass is 9.92. The molecule has 3 aromatic rings. The van der Waals surface area contributed by atoms with Crippen molar-refractivity contribution in [1.82, 2.24) is 14.7 Å². The summed E-state index contributed by atoms with van der Waals surface area (Å²) in [5, 5.41) is 8.18. The number of anilines is 1. The van der Waals surface area contributed by atoms with Crippen LogP contribution in [0, 0.1) is 0 Å². The Balaban J connectivity index is 1.72. The van der Waals surface area contributed by atoms with Crippen LogP contribution in [0.5, 0.6) is 0 Å². The van der Waals surface area contributed by atoms with Crippen molar-refractivity contribution in [2.75, 3.05) is 25.0 Å². The second-order valence-electron chi connectivity index (χ2n) is 9.72. The van der Waals surface area contributed by atoms with Gasteiger partial charge in [0.2, 0.25) is 11.8 Å². The van der Waals surface area contributed by atoms with Gasteiger partial charge in [-0.2, -0.15) is 5.10 Å². The minimum Gasteiger partial charge on any atom is -0.367 e. The van der Waals surface area contributed by atoms with Crippen LogP contribution >= 0.6 is 11.6 Å². The third-order valence-corrected chi connectivity index (χ3v) is 5.95. The van der Waals surface area contributed by atoms with Crippen LogP contribution < -0.4 is 5.32 Å². The van der Waals surface area contributed by atoms with Gasteiger partial charge in [0.05, 0.1) is 29.6 Å². The number of hydrogen-bond donors (Lipinski definition) is 1. The maximum absolute atomic E-state index is 13.1. The smallest absolute Gasteiger partial charge is 0.249 e. The van der Waals surface area contributed by atoms with Gasteiger partial charge in [0.15, 0.2) is 0 Å². The molecular formula is C28H35ClN4O3. The third-order valence-electron chi connectivity index (χ3n) is 5.63. The zero-order chi connectivity index (χ0) is 26.1. The number of nitrogens with zero attached hydrogens (tertiary/aromatic N) is 3. The van der Waals surface area contributed by atoms with E-state index in [1.54, 1.807) is 15.6 Å². The average molecular weight is 511 g/mol. The van der Waals surface area contributed by atoms with Gasteiger partial charge in [0.1, 0.15) is 12.4 Å². The number of para-hydroxylation sites is 1. The van der Waals surface area contributed by atoms with Crippen LogP contribution in [0.4, 0.5) is 5.82 Å². The fourth-order valence-corrected chi connectivity index (χ4v) is 3.78. The SMILES string of the molecule is CCCCN(CC(=O)Nc1cc(C(C)(C)C)nn1-c1ccccc1Cl)C(=O)COCc1ccccc1. The van der Waals surface area contributed by atoms with E-state index >= 15 is 0 Å². The predicted octanol–water partition coefficient (Wildman–Crippen LogP) is 5.61. The molecule has 2 aromatic carbocycles. The summed E-state index contributed by atoms with van der Waals surface area (Å²) in [5.41, 5.74) is 2.24. The monoisotopic (exact) mass is 510 g/mol. The number of carbonyl (C=O) groups excluding carboxylic acids is 2. The van der Waals surface area contributed by atoms with Crippen molar-refractivity contribution >= 4 is 29.2 Å². The molecular weight excluding hydrogens is 476 g/mol. The highest BCUT2D eigenvalue weighted by Crippen LogP contribution is 2.29. The van der Waals surface area contributed by atoms with Crippen molar-refractivity contribution in [2.24, 2.45) is 0 Å². The number of halogens is 1. The Hall–Kier alpha value is -3.16. The standard InChI is InChI=1S/C28H35ClN4O3/c1-5-6-16-32(27(35)20-36-19-21-12-8-7-9-13-21)18-26(34)30-25-17-24(28(2,3)4)31-33(25)23-15-11-10-14-22(23)29/h7-15,17H,5-6,16,18-20H2,1-4H3,(H,30,34). The van der Waals surface area contributed by atoms with Crippen LogP contribution in [-0.4, -0.2) is 46.2 Å². The molecule has 7 nitrogen and oxygen atoms in total. The maximum atomic E-state index is 13.1. The lowest BCUT2D eigenvalue weighted by Crippen LogP contribution is -2.40. The fraction of sp³-hybridized carbons (Fsp3) is 0.393. The van der Waals surface area contributed by atoms with Gasteiger partial charge >= 0.3 is 0 Å². The Morgan fingerprint density at radius 1 is 1.08 bits per heavy atom. The lowest BCUT2D eigenvalue weighted by molar-refractivity contribution is -0.139. The van der Waals surface area contributed by atoms with E-state index in [1.165, 1.54) is 0 Å². The van der Waals surface area contributed by atoms with Crippen molar-refractivity contribution in [1.29, 1.82) is 0 Å². The third kappa shape index (κ3) is 7.67. The highest BCUT2D eigenvalue weighted by atomic mass is 35.5. The summed E-state index contributed by atoms with van der Waals surface area (Å²) in [5.74, 6) is -0.0260. The number of unbranched alkanes of at least 4 members (excludes halogenated alkanes) is 1. The Bertz CT molecular complexity index is 1160. The summed E-state index contributed by atoms with van der Waals surface area (Å²) in [7, 11) is 0. The molecule has 0 bridgehead atoms. The van der Waals surface area contributed by atoms with E-state index in [4.69, 9.17) is 21.4 Å². The maximum Gasteiger partial charge on any atom is 0.249 e. The van der Waals surface area contributed by atoms with Crippen molar-refractivity contribution in [3.63, 3.8) is 0 Å². The molecule has 0 aliphatic heterocycles. The van der Waals surface area contributed by atoms with Gasteiger partial charge in [0, 0.05) is 18.0 Å². The molecule has 0 unspecified atom stereocenters. The summed E-state index contributed by atoms with van der Waals surface area (Å²) in [6.45, 7) is 8.87. The van der Waals surface area contributed by atoms with Gasteiger partial charge in [-0.1, -0.05) is 88.2 Å². The van der Waals surface area contributed by atoms with Crippen LogP contribution in [0.15, 0.2) is 60.7 Å².